The van der Waals surface area contributed by atoms with E-state index in [2.05, 4.69) is 20.2 Å². The maximum absolute atomic E-state index is 12.7. The van der Waals surface area contributed by atoms with Crippen molar-refractivity contribution in [3.05, 3.63) is 66.5 Å². The number of carbonyl (C=O) groups is 1. The predicted molar refractivity (Wildman–Crippen MR) is 98.7 cm³/mol. The molecule has 5 heteroatoms. The lowest BCUT2D eigenvalue weighted by Crippen LogP contribution is -2.41. The van der Waals surface area contributed by atoms with Crippen LogP contribution in [0.15, 0.2) is 60.9 Å². The van der Waals surface area contributed by atoms with Crippen LogP contribution in [-0.4, -0.2) is 35.0 Å². The highest BCUT2D eigenvalue weighted by atomic mass is 16.1. The fraction of sp³-hybridized carbons (Fsp3) is 0.250. The van der Waals surface area contributed by atoms with Gasteiger partial charge < -0.3 is 10.2 Å². The lowest BCUT2D eigenvalue weighted by Gasteiger charge is -2.24. The van der Waals surface area contributed by atoms with Crippen LogP contribution < -0.4 is 10.2 Å². The van der Waals surface area contributed by atoms with Crippen LogP contribution in [0.25, 0.3) is 10.8 Å². The van der Waals surface area contributed by atoms with Gasteiger partial charge in [0.2, 0.25) is 5.95 Å². The van der Waals surface area contributed by atoms with Crippen molar-refractivity contribution in [2.45, 2.75) is 18.9 Å². The van der Waals surface area contributed by atoms with Crippen molar-refractivity contribution in [3.8, 4) is 0 Å². The van der Waals surface area contributed by atoms with Gasteiger partial charge in [-0.3, -0.25) is 4.79 Å². The molecule has 1 amide bonds. The molecule has 4 rings (SSSR count). The van der Waals surface area contributed by atoms with Gasteiger partial charge in [0.1, 0.15) is 0 Å². The van der Waals surface area contributed by atoms with Crippen LogP contribution in [0.1, 0.15) is 23.2 Å². The molecule has 0 radical (unpaired) electrons. The van der Waals surface area contributed by atoms with Crippen LogP contribution in [0.4, 0.5) is 5.95 Å². The average Bonchev–Trinajstić information content (AvgIpc) is 3.15. The van der Waals surface area contributed by atoms with Gasteiger partial charge in [0.15, 0.2) is 0 Å². The van der Waals surface area contributed by atoms with Gasteiger partial charge >= 0.3 is 0 Å². The number of carbonyl (C=O) groups excluding carboxylic acids is 1. The SMILES string of the molecule is O=C(NCC1CCCN1c1ncccn1)c1cccc2ccccc12. The third-order valence-electron chi connectivity index (χ3n) is 4.72. The zero-order chi connectivity index (χ0) is 17.1. The molecule has 0 saturated carbocycles. The fourth-order valence-corrected chi connectivity index (χ4v) is 3.48. The van der Waals surface area contributed by atoms with Crippen molar-refractivity contribution in [3.63, 3.8) is 0 Å². The molecule has 1 atom stereocenters. The zero-order valence-electron chi connectivity index (χ0n) is 13.9. The molecule has 2 aromatic carbocycles. The minimum atomic E-state index is -0.0300. The van der Waals surface area contributed by atoms with Gasteiger partial charge in [-0.05, 0) is 35.7 Å². The highest BCUT2D eigenvalue weighted by Crippen LogP contribution is 2.22. The topological polar surface area (TPSA) is 58.1 Å². The van der Waals surface area contributed by atoms with Crippen molar-refractivity contribution in [1.82, 2.24) is 15.3 Å². The number of anilines is 1. The Hall–Kier alpha value is -2.95. The second kappa shape index (κ2) is 6.89. The Labute approximate surface area is 146 Å². The average molecular weight is 332 g/mol. The van der Waals surface area contributed by atoms with Crippen molar-refractivity contribution >= 4 is 22.6 Å². The zero-order valence-corrected chi connectivity index (χ0v) is 13.9. The molecule has 0 bridgehead atoms. The third-order valence-corrected chi connectivity index (χ3v) is 4.72. The Balaban J connectivity index is 1.48. The molecule has 5 nitrogen and oxygen atoms in total. The second-order valence-electron chi connectivity index (χ2n) is 6.27. The summed E-state index contributed by atoms with van der Waals surface area (Å²) in [6.45, 7) is 1.53. The number of benzene rings is 2. The number of nitrogens with one attached hydrogen (secondary N) is 1. The van der Waals surface area contributed by atoms with Crippen LogP contribution in [-0.2, 0) is 0 Å². The van der Waals surface area contributed by atoms with Crippen molar-refractivity contribution in [1.29, 1.82) is 0 Å². The summed E-state index contributed by atoms with van der Waals surface area (Å²) >= 11 is 0. The van der Waals surface area contributed by atoms with Gasteiger partial charge in [-0.1, -0.05) is 36.4 Å². The Morgan fingerprint density at radius 3 is 2.76 bits per heavy atom. The summed E-state index contributed by atoms with van der Waals surface area (Å²) in [6.07, 6.45) is 5.64. The molecular formula is C20H20N4O. The van der Waals surface area contributed by atoms with E-state index in [4.69, 9.17) is 0 Å². The monoisotopic (exact) mass is 332 g/mol. The van der Waals surface area contributed by atoms with E-state index in [1.165, 1.54) is 0 Å². The summed E-state index contributed by atoms with van der Waals surface area (Å²) in [5.74, 6) is 0.710. The molecule has 126 valence electrons. The number of amides is 1. The molecule has 3 aromatic rings. The van der Waals surface area contributed by atoms with Crippen LogP contribution in [0.3, 0.4) is 0 Å². The predicted octanol–water partition coefficient (Wildman–Crippen LogP) is 3.03. The maximum Gasteiger partial charge on any atom is 0.251 e. The van der Waals surface area contributed by atoms with E-state index in [1.54, 1.807) is 12.4 Å². The summed E-state index contributed by atoms with van der Waals surface area (Å²) < 4.78 is 0. The van der Waals surface area contributed by atoms with Gasteiger partial charge in [-0.25, -0.2) is 9.97 Å². The summed E-state index contributed by atoms with van der Waals surface area (Å²) in [7, 11) is 0. The van der Waals surface area contributed by atoms with E-state index in [-0.39, 0.29) is 11.9 Å². The third kappa shape index (κ3) is 3.18. The van der Waals surface area contributed by atoms with Crippen LogP contribution in [0.5, 0.6) is 0 Å². The van der Waals surface area contributed by atoms with E-state index in [0.717, 1.165) is 41.7 Å². The second-order valence-corrected chi connectivity index (χ2v) is 6.27. The van der Waals surface area contributed by atoms with Gasteiger partial charge in [-0.15, -0.1) is 0 Å². The first-order valence-corrected chi connectivity index (χ1v) is 8.62. The molecule has 1 saturated heterocycles. The minimum Gasteiger partial charge on any atom is -0.350 e. The van der Waals surface area contributed by atoms with Crippen LogP contribution in [0.2, 0.25) is 0 Å². The smallest absolute Gasteiger partial charge is 0.251 e. The van der Waals surface area contributed by atoms with E-state index in [1.807, 2.05) is 48.5 Å². The Bertz CT molecular complexity index is 876. The van der Waals surface area contributed by atoms with Crippen LogP contribution >= 0.6 is 0 Å². The summed E-state index contributed by atoms with van der Waals surface area (Å²) in [4.78, 5) is 23.6. The standard InChI is InChI=1S/C20H20N4O/c25-19(18-10-3-7-15-6-1-2-9-17(15)18)23-14-16-8-4-13-24(16)20-21-11-5-12-22-20/h1-3,5-7,9-12,16H,4,8,13-14H2,(H,23,25). The number of rotatable bonds is 4. The largest absolute Gasteiger partial charge is 0.350 e. The minimum absolute atomic E-state index is 0.0300. The number of nitrogens with zero attached hydrogens (tertiary/aromatic N) is 3. The van der Waals surface area contributed by atoms with Crippen LogP contribution in [0, 0.1) is 0 Å². The van der Waals surface area contributed by atoms with Crippen molar-refractivity contribution < 1.29 is 4.79 Å². The first kappa shape index (κ1) is 15.6. The summed E-state index contributed by atoms with van der Waals surface area (Å²) in [5, 5.41) is 5.16. The van der Waals surface area contributed by atoms with Gasteiger partial charge in [0, 0.05) is 37.1 Å². The lowest BCUT2D eigenvalue weighted by atomic mass is 10.0. The quantitative estimate of drug-likeness (QED) is 0.798. The Morgan fingerprint density at radius 2 is 1.88 bits per heavy atom. The van der Waals surface area contributed by atoms with Crippen molar-refractivity contribution in [2.75, 3.05) is 18.0 Å². The van der Waals surface area contributed by atoms with Gasteiger partial charge in [0.05, 0.1) is 0 Å². The first-order chi connectivity index (χ1) is 12.3. The molecule has 1 N–H and O–H groups in total. The Morgan fingerprint density at radius 1 is 1.08 bits per heavy atom. The van der Waals surface area contributed by atoms with E-state index >= 15 is 0 Å². The molecule has 2 heterocycles. The number of aromatic nitrogens is 2. The van der Waals surface area contributed by atoms with E-state index in [9.17, 15) is 4.79 Å². The van der Waals surface area contributed by atoms with Crippen molar-refractivity contribution in [2.24, 2.45) is 0 Å². The Kier molecular flexibility index (Phi) is 4.29. The molecule has 25 heavy (non-hydrogen) atoms. The maximum atomic E-state index is 12.7. The highest BCUT2D eigenvalue weighted by molar-refractivity contribution is 6.07. The number of hydrogen-bond acceptors (Lipinski definition) is 4. The fourth-order valence-electron chi connectivity index (χ4n) is 3.48. The first-order valence-electron chi connectivity index (χ1n) is 8.62. The normalized spacial score (nSPS) is 17.0. The summed E-state index contributed by atoms with van der Waals surface area (Å²) in [6, 6.07) is 15.9. The molecular weight excluding hydrogens is 312 g/mol. The van der Waals surface area contributed by atoms with Gasteiger partial charge in [-0.2, -0.15) is 0 Å². The summed E-state index contributed by atoms with van der Waals surface area (Å²) in [5.41, 5.74) is 0.721. The molecule has 1 aliphatic heterocycles. The molecule has 1 unspecified atom stereocenters. The number of fused-ring (bicyclic) bond motifs is 1. The molecule has 1 aliphatic rings. The van der Waals surface area contributed by atoms with E-state index in [0.29, 0.717) is 6.54 Å². The number of hydrogen-bond donors (Lipinski definition) is 1. The lowest BCUT2D eigenvalue weighted by molar-refractivity contribution is 0.0953. The molecule has 0 spiro atoms. The van der Waals surface area contributed by atoms with E-state index < -0.39 is 0 Å². The highest BCUT2D eigenvalue weighted by Gasteiger charge is 2.27. The van der Waals surface area contributed by atoms with Gasteiger partial charge in [0.25, 0.3) is 5.91 Å². The molecule has 0 aliphatic carbocycles. The molecule has 1 aromatic heterocycles. The molecule has 1 fully saturated rings.